The number of aryl methyl sites for hydroxylation is 1. The lowest BCUT2D eigenvalue weighted by Gasteiger charge is -2.18. The monoisotopic (exact) mass is 378 g/mol. The number of fused-ring (bicyclic) bond motifs is 1. The lowest BCUT2D eigenvalue weighted by atomic mass is 10.1. The Morgan fingerprint density at radius 1 is 1.04 bits per heavy atom. The minimum Gasteiger partial charge on any atom is -0.443 e. The Labute approximate surface area is 161 Å². The molecule has 0 aliphatic carbocycles. The molecule has 28 heavy (non-hydrogen) atoms. The number of hydrogen-bond acceptors (Lipinski definition) is 5. The predicted molar refractivity (Wildman–Crippen MR) is 99.5 cm³/mol. The maximum atomic E-state index is 12.4. The number of esters is 1. The largest absolute Gasteiger partial charge is 0.443 e. The summed E-state index contributed by atoms with van der Waals surface area (Å²) in [6.45, 7) is 1.68. The molecule has 1 fully saturated rings. The minimum atomic E-state index is -0.636. The zero-order valence-corrected chi connectivity index (χ0v) is 15.3. The number of amides is 3. The van der Waals surface area contributed by atoms with Crippen LogP contribution in [0.15, 0.2) is 48.5 Å². The molecule has 142 valence electrons. The highest BCUT2D eigenvalue weighted by molar-refractivity contribution is 6.21. The van der Waals surface area contributed by atoms with Crippen molar-refractivity contribution in [3.05, 3.63) is 65.2 Å². The zero-order valence-electron chi connectivity index (χ0n) is 15.3. The van der Waals surface area contributed by atoms with Gasteiger partial charge in [0.15, 0.2) is 6.73 Å². The van der Waals surface area contributed by atoms with E-state index in [1.807, 2.05) is 31.2 Å². The van der Waals surface area contributed by atoms with E-state index >= 15 is 0 Å². The van der Waals surface area contributed by atoms with Gasteiger partial charge in [0.2, 0.25) is 5.91 Å². The molecule has 0 bridgehead atoms. The Kier molecular flexibility index (Phi) is 4.43. The average molecular weight is 378 g/mol. The number of benzene rings is 2. The summed E-state index contributed by atoms with van der Waals surface area (Å²) in [5.74, 6) is -2.37. The van der Waals surface area contributed by atoms with Crippen molar-refractivity contribution >= 4 is 29.4 Å². The average Bonchev–Trinajstić information content (AvgIpc) is 3.19. The zero-order chi connectivity index (χ0) is 19.8. The number of carbonyl (C=O) groups excluding carboxylic acids is 4. The molecular formula is C21H18N2O5. The molecule has 2 aromatic carbocycles. The lowest BCUT2D eigenvalue weighted by molar-refractivity contribution is -0.151. The van der Waals surface area contributed by atoms with Crippen molar-refractivity contribution in [2.24, 2.45) is 5.92 Å². The Hall–Kier alpha value is -3.48. The van der Waals surface area contributed by atoms with Crippen LogP contribution in [0, 0.1) is 12.8 Å². The van der Waals surface area contributed by atoms with E-state index < -0.39 is 30.4 Å². The summed E-state index contributed by atoms with van der Waals surface area (Å²) in [4.78, 5) is 51.8. The Morgan fingerprint density at radius 2 is 1.71 bits per heavy atom. The highest BCUT2D eigenvalue weighted by Gasteiger charge is 2.39. The Balaban J connectivity index is 1.40. The maximum Gasteiger partial charge on any atom is 0.313 e. The Bertz CT molecular complexity index is 965. The number of ether oxygens (including phenoxy) is 1. The van der Waals surface area contributed by atoms with E-state index in [4.69, 9.17) is 4.74 Å². The van der Waals surface area contributed by atoms with Gasteiger partial charge in [-0.15, -0.1) is 0 Å². The van der Waals surface area contributed by atoms with Gasteiger partial charge in [-0.25, -0.2) is 4.90 Å². The van der Waals surface area contributed by atoms with Crippen molar-refractivity contribution in [2.75, 3.05) is 18.2 Å². The van der Waals surface area contributed by atoms with Crippen LogP contribution in [0.25, 0.3) is 0 Å². The summed E-state index contributed by atoms with van der Waals surface area (Å²) in [7, 11) is 0. The number of carbonyl (C=O) groups is 4. The molecule has 0 unspecified atom stereocenters. The summed E-state index contributed by atoms with van der Waals surface area (Å²) in [5, 5.41) is 0. The smallest absolute Gasteiger partial charge is 0.313 e. The lowest BCUT2D eigenvalue weighted by Crippen LogP contribution is -2.35. The van der Waals surface area contributed by atoms with Gasteiger partial charge < -0.3 is 9.64 Å². The van der Waals surface area contributed by atoms with Crippen LogP contribution < -0.4 is 4.90 Å². The van der Waals surface area contributed by atoms with Crippen LogP contribution in [0.5, 0.6) is 0 Å². The maximum absolute atomic E-state index is 12.4. The third kappa shape index (κ3) is 3.05. The fourth-order valence-corrected chi connectivity index (χ4v) is 3.51. The topological polar surface area (TPSA) is 84.0 Å². The van der Waals surface area contributed by atoms with Crippen LogP contribution in [0.4, 0.5) is 5.69 Å². The van der Waals surface area contributed by atoms with Gasteiger partial charge >= 0.3 is 5.97 Å². The minimum absolute atomic E-state index is 0.0366. The van der Waals surface area contributed by atoms with Gasteiger partial charge in [-0.2, -0.15) is 0 Å². The number of nitrogens with zero attached hydrogens (tertiary/aromatic N) is 2. The van der Waals surface area contributed by atoms with E-state index in [-0.39, 0.29) is 18.9 Å². The highest BCUT2D eigenvalue weighted by Crippen LogP contribution is 2.27. The van der Waals surface area contributed by atoms with Crippen LogP contribution in [-0.4, -0.2) is 41.9 Å². The Morgan fingerprint density at radius 3 is 2.36 bits per heavy atom. The molecule has 0 saturated carbocycles. The molecule has 2 aromatic rings. The second-order valence-electron chi connectivity index (χ2n) is 6.92. The van der Waals surface area contributed by atoms with Crippen LogP contribution in [-0.2, 0) is 14.3 Å². The van der Waals surface area contributed by atoms with Gasteiger partial charge in [0, 0.05) is 18.7 Å². The SMILES string of the molecule is Cc1cccc(N2C[C@H](C(=O)OCN3C(=O)c4ccccc4C3=O)CC2=O)c1. The normalized spacial score (nSPS) is 18.6. The van der Waals surface area contributed by atoms with Crippen LogP contribution in [0.1, 0.15) is 32.7 Å². The summed E-state index contributed by atoms with van der Waals surface area (Å²) in [5.41, 5.74) is 2.35. The van der Waals surface area contributed by atoms with E-state index in [1.165, 1.54) is 0 Å². The van der Waals surface area contributed by atoms with E-state index in [9.17, 15) is 19.2 Å². The van der Waals surface area contributed by atoms with Crippen molar-refractivity contribution in [3.63, 3.8) is 0 Å². The second kappa shape index (κ2) is 6.92. The van der Waals surface area contributed by atoms with Gasteiger partial charge in [-0.3, -0.25) is 19.2 Å². The summed E-state index contributed by atoms with van der Waals surface area (Å²) in [6.07, 6.45) is 0.0366. The quantitative estimate of drug-likeness (QED) is 0.601. The fourth-order valence-electron chi connectivity index (χ4n) is 3.51. The number of anilines is 1. The van der Waals surface area contributed by atoms with E-state index in [1.54, 1.807) is 29.2 Å². The van der Waals surface area contributed by atoms with Gasteiger partial charge in [0.1, 0.15) is 0 Å². The van der Waals surface area contributed by atoms with Crippen molar-refractivity contribution in [1.29, 1.82) is 0 Å². The first kappa shape index (κ1) is 17.9. The standard InChI is InChI=1S/C21H18N2O5/c1-13-5-4-6-15(9-13)22-11-14(10-18(22)24)21(27)28-12-23-19(25)16-7-2-3-8-17(16)20(23)26/h2-9,14H,10-12H2,1H3/t14-/m1/s1. The molecule has 7 heteroatoms. The first-order chi connectivity index (χ1) is 13.5. The van der Waals surface area contributed by atoms with Gasteiger partial charge in [-0.1, -0.05) is 24.3 Å². The molecule has 0 spiro atoms. The van der Waals surface area contributed by atoms with Gasteiger partial charge in [0.05, 0.1) is 17.0 Å². The van der Waals surface area contributed by atoms with E-state index in [0.717, 1.165) is 16.2 Å². The summed E-state index contributed by atoms with van der Waals surface area (Å²) in [6, 6.07) is 13.9. The highest BCUT2D eigenvalue weighted by atomic mass is 16.5. The number of hydrogen-bond donors (Lipinski definition) is 0. The first-order valence-corrected chi connectivity index (χ1v) is 8.94. The molecular weight excluding hydrogens is 360 g/mol. The predicted octanol–water partition coefficient (Wildman–Crippen LogP) is 2.14. The number of rotatable bonds is 4. The van der Waals surface area contributed by atoms with Crippen LogP contribution in [0.3, 0.4) is 0 Å². The van der Waals surface area contributed by atoms with Crippen molar-refractivity contribution in [3.8, 4) is 0 Å². The van der Waals surface area contributed by atoms with Crippen molar-refractivity contribution in [2.45, 2.75) is 13.3 Å². The van der Waals surface area contributed by atoms with Crippen LogP contribution in [0.2, 0.25) is 0 Å². The molecule has 0 radical (unpaired) electrons. The van der Waals surface area contributed by atoms with Gasteiger partial charge in [0.25, 0.3) is 11.8 Å². The van der Waals surface area contributed by atoms with Gasteiger partial charge in [-0.05, 0) is 36.8 Å². The molecule has 1 atom stereocenters. The second-order valence-corrected chi connectivity index (χ2v) is 6.92. The van der Waals surface area contributed by atoms with E-state index in [2.05, 4.69) is 0 Å². The molecule has 4 rings (SSSR count). The molecule has 7 nitrogen and oxygen atoms in total. The van der Waals surface area contributed by atoms with Crippen molar-refractivity contribution < 1.29 is 23.9 Å². The first-order valence-electron chi connectivity index (χ1n) is 8.94. The molecule has 2 aliphatic heterocycles. The number of imide groups is 1. The summed E-state index contributed by atoms with van der Waals surface area (Å²) >= 11 is 0. The molecule has 2 heterocycles. The van der Waals surface area contributed by atoms with Crippen LogP contribution >= 0.6 is 0 Å². The fraction of sp³-hybridized carbons (Fsp3) is 0.238. The molecule has 1 saturated heterocycles. The molecule has 2 aliphatic rings. The van der Waals surface area contributed by atoms with Crippen molar-refractivity contribution in [1.82, 2.24) is 4.90 Å². The molecule has 0 N–H and O–H groups in total. The third-order valence-corrected chi connectivity index (χ3v) is 4.99. The molecule has 0 aromatic heterocycles. The summed E-state index contributed by atoms with van der Waals surface area (Å²) < 4.78 is 5.20. The van der Waals surface area contributed by atoms with E-state index in [0.29, 0.717) is 11.1 Å². The molecule has 3 amide bonds. The third-order valence-electron chi connectivity index (χ3n) is 4.99.